The lowest BCUT2D eigenvalue weighted by molar-refractivity contribution is 0.0571. The van der Waals surface area contributed by atoms with Gasteiger partial charge in [0.15, 0.2) is 0 Å². The number of amides is 2. The Balaban J connectivity index is 1.64. The monoisotopic (exact) mass is 364 g/mol. The fraction of sp³-hybridized carbons (Fsp3) is 0.227. The van der Waals surface area contributed by atoms with Gasteiger partial charge < -0.3 is 20.2 Å². The Labute approximate surface area is 159 Å². The third-order valence-electron chi connectivity index (χ3n) is 4.31. The highest BCUT2D eigenvalue weighted by Crippen LogP contribution is 2.21. The second kappa shape index (κ2) is 8.56. The molecule has 0 saturated heterocycles. The van der Waals surface area contributed by atoms with Crippen molar-refractivity contribution in [2.75, 3.05) is 6.54 Å². The van der Waals surface area contributed by atoms with Crippen LogP contribution in [0.1, 0.15) is 29.9 Å². The van der Waals surface area contributed by atoms with E-state index in [1.54, 1.807) is 25.3 Å². The van der Waals surface area contributed by atoms with Gasteiger partial charge in [0.05, 0.1) is 17.9 Å². The maximum absolute atomic E-state index is 12.5. The maximum Gasteiger partial charge on any atom is 0.315 e. The summed E-state index contributed by atoms with van der Waals surface area (Å²) in [7, 11) is 0. The molecule has 0 saturated carbocycles. The van der Waals surface area contributed by atoms with Crippen LogP contribution in [0.5, 0.6) is 0 Å². The molecule has 1 atom stereocenters. The molecule has 1 unspecified atom stereocenters. The molecule has 3 rings (SSSR count). The summed E-state index contributed by atoms with van der Waals surface area (Å²) in [4.78, 5) is 12.5. The largest absolute Gasteiger partial charge is 0.469 e. The summed E-state index contributed by atoms with van der Waals surface area (Å²) < 4.78 is 5.27. The first-order valence-electron chi connectivity index (χ1n) is 8.92. The average Bonchev–Trinajstić information content (AvgIpc) is 3.18. The molecule has 1 aromatic heterocycles. The third kappa shape index (κ3) is 5.46. The van der Waals surface area contributed by atoms with Crippen molar-refractivity contribution in [3.63, 3.8) is 0 Å². The minimum atomic E-state index is -1.11. The molecule has 0 aliphatic rings. The number of hydrogen-bond donors (Lipinski definition) is 3. The van der Waals surface area contributed by atoms with E-state index in [2.05, 4.69) is 10.6 Å². The maximum atomic E-state index is 12.5. The molecule has 27 heavy (non-hydrogen) atoms. The lowest BCUT2D eigenvalue weighted by atomic mass is 9.99. The van der Waals surface area contributed by atoms with Crippen molar-refractivity contribution in [3.05, 3.63) is 95.9 Å². The normalized spacial score (nSPS) is 13.1. The first-order valence-corrected chi connectivity index (χ1v) is 8.92. The molecule has 3 aromatic rings. The SMILES string of the molecule is CC(O)(CNC(=O)NC(c1ccccc1)c1ccccc1)Cc1ccco1. The van der Waals surface area contributed by atoms with Crippen molar-refractivity contribution >= 4 is 6.03 Å². The molecular weight excluding hydrogens is 340 g/mol. The predicted molar refractivity (Wildman–Crippen MR) is 104 cm³/mol. The van der Waals surface area contributed by atoms with Crippen molar-refractivity contribution in [2.45, 2.75) is 25.0 Å². The van der Waals surface area contributed by atoms with E-state index < -0.39 is 5.60 Å². The molecule has 2 amide bonds. The Morgan fingerprint density at radius 3 is 2.11 bits per heavy atom. The van der Waals surface area contributed by atoms with Crippen molar-refractivity contribution < 1.29 is 14.3 Å². The van der Waals surface area contributed by atoms with Gasteiger partial charge in [0.2, 0.25) is 0 Å². The number of aliphatic hydroxyl groups is 1. The zero-order valence-electron chi connectivity index (χ0n) is 15.3. The highest BCUT2D eigenvalue weighted by Gasteiger charge is 2.24. The lowest BCUT2D eigenvalue weighted by Gasteiger charge is -2.24. The van der Waals surface area contributed by atoms with E-state index in [1.165, 1.54) is 0 Å². The van der Waals surface area contributed by atoms with Crippen LogP contribution in [0.4, 0.5) is 4.79 Å². The minimum Gasteiger partial charge on any atom is -0.469 e. The lowest BCUT2D eigenvalue weighted by Crippen LogP contribution is -2.46. The van der Waals surface area contributed by atoms with Crippen molar-refractivity contribution in [1.29, 1.82) is 0 Å². The fourth-order valence-electron chi connectivity index (χ4n) is 2.95. The predicted octanol–water partition coefficient (Wildman–Crippen LogP) is 3.66. The van der Waals surface area contributed by atoms with Crippen LogP contribution in [0.2, 0.25) is 0 Å². The number of furan rings is 1. The first kappa shape index (κ1) is 18.7. The van der Waals surface area contributed by atoms with Gasteiger partial charge in [0.25, 0.3) is 0 Å². The number of carbonyl (C=O) groups excluding carboxylic acids is 1. The number of rotatable bonds is 7. The summed E-state index contributed by atoms with van der Waals surface area (Å²) in [5.41, 5.74) is 0.867. The smallest absolute Gasteiger partial charge is 0.315 e. The molecule has 1 heterocycles. The number of hydrogen-bond acceptors (Lipinski definition) is 3. The summed E-state index contributed by atoms with van der Waals surface area (Å²) >= 11 is 0. The van der Waals surface area contributed by atoms with Gasteiger partial charge in [-0.1, -0.05) is 60.7 Å². The summed E-state index contributed by atoms with van der Waals surface area (Å²) in [6.07, 6.45) is 1.89. The van der Waals surface area contributed by atoms with Crippen molar-refractivity contribution in [3.8, 4) is 0 Å². The highest BCUT2D eigenvalue weighted by molar-refractivity contribution is 5.75. The van der Waals surface area contributed by atoms with Crippen molar-refractivity contribution in [2.24, 2.45) is 0 Å². The van der Waals surface area contributed by atoms with Gasteiger partial charge in [0, 0.05) is 13.0 Å². The standard InChI is InChI=1S/C22H24N2O3/c1-22(26,15-19-13-8-14-27-19)16-23-21(25)24-20(17-9-4-2-5-10-17)18-11-6-3-7-12-18/h2-14,20,26H,15-16H2,1H3,(H2,23,24,25). The molecule has 140 valence electrons. The Hall–Kier alpha value is -3.05. The molecule has 5 heteroatoms. The fourth-order valence-corrected chi connectivity index (χ4v) is 2.95. The molecule has 2 aromatic carbocycles. The summed E-state index contributed by atoms with van der Waals surface area (Å²) in [5.74, 6) is 0.675. The zero-order valence-corrected chi connectivity index (χ0v) is 15.3. The molecule has 0 aliphatic carbocycles. The molecule has 3 N–H and O–H groups in total. The van der Waals surface area contributed by atoms with E-state index in [4.69, 9.17) is 4.42 Å². The van der Waals surface area contributed by atoms with Crippen LogP contribution >= 0.6 is 0 Å². The number of nitrogens with one attached hydrogen (secondary N) is 2. The Kier molecular flexibility index (Phi) is 5.94. The summed E-state index contributed by atoms with van der Waals surface area (Å²) in [5, 5.41) is 16.3. The minimum absolute atomic E-state index is 0.107. The highest BCUT2D eigenvalue weighted by atomic mass is 16.3. The van der Waals surface area contributed by atoms with Gasteiger partial charge in [-0.25, -0.2) is 4.79 Å². The van der Waals surface area contributed by atoms with Crippen LogP contribution in [-0.4, -0.2) is 23.3 Å². The van der Waals surface area contributed by atoms with Crippen LogP contribution in [-0.2, 0) is 6.42 Å². The van der Waals surface area contributed by atoms with Crippen LogP contribution in [0.25, 0.3) is 0 Å². The molecule has 0 fully saturated rings. The summed E-state index contributed by atoms with van der Waals surface area (Å²) in [6.45, 7) is 1.78. The molecule has 0 bridgehead atoms. The van der Waals surface area contributed by atoms with E-state index in [-0.39, 0.29) is 18.6 Å². The number of carbonyl (C=O) groups is 1. The Bertz CT molecular complexity index is 791. The van der Waals surface area contributed by atoms with Crippen molar-refractivity contribution in [1.82, 2.24) is 10.6 Å². The Morgan fingerprint density at radius 1 is 1.00 bits per heavy atom. The molecule has 0 spiro atoms. The van der Waals surface area contributed by atoms with Gasteiger partial charge in [-0.05, 0) is 30.2 Å². The van der Waals surface area contributed by atoms with E-state index in [0.29, 0.717) is 12.2 Å². The second-order valence-corrected chi connectivity index (χ2v) is 6.83. The van der Waals surface area contributed by atoms with Gasteiger partial charge in [0.1, 0.15) is 5.76 Å². The molecule has 5 nitrogen and oxygen atoms in total. The summed E-state index contributed by atoms with van der Waals surface area (Å²) in [6, 6.07) is 22.5. The number of urea groups is 1. The van der Waals surface area contributed by atoms with Gasteiger partial charge >= 0.3 is 6.03 Å². The second-order valence-electron chi connectivity index (χ2n) is 6.83. The molecule has 0 radical (unpaired) electrons. The molecule has 0 aliphatic heterocycles. The van der Waals surface area contributed by atoms with Gasteiger partial charge in [-0.2, -0.15) is 0 Å². The van der Waals surface area contributed by atoms with E-state index in [9.17, 15) is 9.90 Å². The van der Waals surface area contributed by atoms with E-state index in [0.717, 1.165) is 11.1 Å². The zero-order chi connectivity index (χ0) is 19.1. The number of benzene rings is 2. The quantitative estimate of drug-likeness (QED) is 0.599. The van der Waals surface area contributed by atoms with Crippen LogP contribution in [0.15, 0.2) is 83.5 Å². The molecular formula is C22H24N2O3. The average molecular weight is 364 g/mol. The third-order valence-corrected chi connectivity index (χ3v) is 4.31. The van der Waals surface area contributed by atoms with Crippen LogP contribution in [0, 0.1) is 0 Å². The van der Waals surface area contributed by atoms with E-state index >= 15 is 0 Å². The topological polar surface area (TPSA) is 74.5 Å². The van der Waals surface area contributed by atoms with E-state index in [1.807, 2.05) is 60.7 Å². The van der Waals surface area contributed by atoms with Crippen LogP contribution in [0.3, 0.4) is 0 Å². The Morgan fingerprint density at radius 2 is 1.59 bits per heavy atom. The van der Waals surface area contributed by atoms with Gasteiger partial charge in [-0.3, -0.25) is 0 Å². The van der Waals surface area contributed by atoms with Crippen LogP contribution < -0.4 is 10.6 Å². The van der Waals surface area contributed by atoms with Gasteiger partial charge in [-0.15, -0.1) is 0 Å². The first-order chi connectivity index (χ1) is 13.0.